The maximum Gasteiger partial charge on any atom is 0.252 e. The second-order valence-corrected chi connectivity index (χ2v) is 10.7. The van der Waals surface area contributed by atoms with E-state index in [0.29, 0.717) is 29.9 Å². The van der Waals surface area contributed by atoms with Gasteiger partial charge >= 0.3 is 0 Å². The van der Waals surface area contributed by atoms with E-state index in [1.807, 2.05) is 37.4 Å². The molecule has 1 saturated heterocycles. The quantitative estimate of drug-likeness (QED) is 0.278. The van der Waals surface area contributed by atoms with E-state index in [0.717, 1.165) is 49.2 Å². The van der Waals surface area contributed by atoms with Crippen LogP contribution >= 0.6 is 0 Å². The lowest BCUT2D eigenvalue weighted by Gasteiger charge is -2.48. The monoisotopic (exact) mass is 496 g/mol. The summed E-state index contributed by atoms with van der Waals surface area (Å²) in [5.41, 5.74) is 18.8. The number of likely N-dealkylation sites (N-methyl/N-ethyl adjacent to an activating group) is 1. The molecule has 5 heterocycles. The van der Waals surface area contributed by atoms with E-state index in [2.05, 4.69) is 32.8 Å². The minimum atomic E-state index is -0.835. The lowest BCUT2D eigenvalue weighted by atomic mass is 9.93. The topological polar surface area (TPSA) is 121 Å². The molecular weight excluding hydrogens is 468 g/mol. The number of nitrogen functional groups attached to an aromatic ring is 2. The molecule has 0 spiro atoms. The number of hydrogen-bond acceptors (Lipinski definition) is 6. The van der Waals surface area contributed by atoms with Crippen molar-refractivity contribution in [3.05, 3.63) is 47.5 Å². The normalized spacial score (nSPS) is 26.5. The lowest BCUT2D eigenvalue weighted by molar-refractivity contribution is -0.256. The number of aromatic nitrogens is 2. The van der Waals surface area contributed by atoms with Gasteiger partial charge in [-0.25, -0.2) is 0 Å². The number of hydrogen-bond donors (Lipinski definition) is 4. The van der Waals surface area contributed by atoms with Gasteiger partial charge in [-0.3, -0.25) is 4.79 Å². The largest absolute Gasteiger partial charge is 0.399 e. The Hall–Kier alpha value is -3.79. The number of carbonyl (C=O) groups is 1. The third-order valence-electron chi connectivity index (χ3n) is 8.83. The van der Waals surface area contributed by atoms with Crippen LogP contribution in [-0.2, 0) is 21.7 Å². The summed E-state index contributed by atoms with van der Waals surface area (Å²) in [6, 6.07) is 12.0. The Kier molecular flexibility index (Phi) is 3.88. The first-order valence-electron chi connectivity index (χ1n) is 12.7. The minimum Gasteiger partial charge on any atom is -0.399 e. The smallest absolute Gasteiger partial charge is 0.252 e. The Labute approximate surface area is 212 Å². The van der Waals surface area contributed by atoms with Crippen molar-refractivity contribution in [3.8, 4) is 0 Å². The van der Waals surface area contributed by atoms with Gasteiger partial charge in [0.25, 0.3) is 5.91 Å². The molecular formula is C28H28N6O3. The summed E-state index contributed by atoms with van der Waals surface area (Å²) in [4.78, 5) is 13.4. The van der Waals surface area contributed by atoms with E-state index in [1.165, 1.54) is 0 Å². The van der Waals surface area contributed by atoms with E-state index in [9.17, 15) is 4.79 Å². The average Bonchev–Trinajstić information content (AvgIpc) is 3.50. The van der Waals surface area contributed by atoms with E-state index in [-0.39, 0.29) is 24.3 Å². The average molecular weight is 497 g/mol. The van der Waals surface area contributed by atoms with Crippen LogP contribution in [-0.4, -0.2) is 41.3 Å². The lowest BCUT2D eigenvalue weighted by Crippen LogP contribution is -2.59. The molecule has 0 saturated carbocycles. The first-order chi connectivity index (χ1) is 17.9. The summed E-state index contributed by atoms with van der Waals surface area (Å²) in [5.74, 6) is -0.0644. The third-order valence-corrected chi connectivity index (χ3v) is 8.83. The van der Waals surface area contributed by atoms with Crippen LogP contribution < -0.4 is 22.1 Å². The Bertz CT molecular complexity index is 1850. The van der Waals surface area contributed by atoms with Crippen molar-refractivity contribution in [2.24, 2.45) is 0 Å². The van der Waals surface area contributed by atoms with Crippen LogP contribution in [0.2, 0.25) is 0 Å². The highest BCUT2D eigenvalue weighted by atomic mass is 16.6. The van der Waals surface area contributed by atoms with E-state index in [1.54, 1.807) is 7.11 Å². The predicted octanol–water partition coefficient (Wildman–Crippen LogP) is 3.52. The highest BCUT2D eigenvalue weighted by Gasteiger charge is 2.53. The Morgan fingerprint density at radius 3 is 2.49 bits per heavy atom. The highest BCUT2D eigenvalue weighted by molar-refractivity contribution is 6.31. The van der Waals surface area contributed by atoms with Gasteiger partial charge in [-0.1, -0.05) is 0 Å². The molecule has 3 aliphatic heterocycles. The SMILES string of the molecule is CN[C@@H]1CC2OC(C)([C@@H]1OC)n1c3ccc(N)cc3c3c4c(c5c6cc(N)ccc6n2c5c31)C(=O)NC4. The van der Waals surface area contributed by atoms with Crippen LogP contribution in [0.3, 0.4) is 0 Å². The number of anilines is 2. The molecule has 2 aromatic heterocycles. The van der Waals surface area contributed by atoms with Crippen LogP contribution in [0.5, 0.6) is 0 Å². The molecule has 5 aromatic rings. The zero-order valence-electron chi connectivity index (χ0n) is 20.9. The van der Waals surface area contributed by atoms with Crippen LogP contribution in [0.15, 0.2) is 36.4 Å². The number of carbonyl (C=O) groups excluding carboxylic acids is 1. The van der Waals surface area contributed by atoms with Crippen molar-refractivity contribution in [3.63, 3.8) is 0 Å². The van der Waals surface area contributed by atoms with Gasteiger partial charge in [0.2, 0.25) is 0 Å². The molecule has 2 unspecified atom stereocenters. The summed E-state index contributed by atoms with van der Waals surface area (Å²) >= 11 is 0. The van der Waals surface area contributed by atoms with E-state index in [4.69, 9.17) is 20.9 Å². The summed E-state index contributed by atoms with van der Waals surface area (Å²) in [6.07, 6.45) is 0.153. The molecule has 37 heavy (non-hydrogen) atoms. The number of nitrogens with two attached hydrogens (primary N) is 2. The van der Waals surface area contributed by atoms with Crippen molar-refractivity contribution in [1.29, 1.82) is 0 Å². The predicted molar refractivity (Wildman–Crippen MR) is 144 cm³/mol. The number of benzene rings is 3. The van der Waals surface area contributed by atoms with Crippen LogP contribution in [0, 0.1) is 0 Å². The number of amides is 1. The minimum absolute atomic E-state index is 0.0285. The van der Waals surface area contributed by atoms with Crippen LogP contribution in [0.1, 0.15) is 35.5 Å². The summed E-state index contributed by atoms with van der Waals surface area (Å²) in [6.45, 7) is 2.57. The summed E-state index contributed by atoms with van der Waals surface area (Å²) < 4.78 is 17.8. The van der Waals surface area contributed by atoms with Gasteiger partial charge < -0.3 is 40.7 Å². The fourth-order valence-electron chi connectivity index (χ4n) is 7.47. The van der Waals surface area contributed by atoms with Gasteiger partial charge in [-0.2, -0.15) is 0 Å². The van der Waals surface area contributed by atoms with E-state index < -0.39 is 5.72 Å². The van der Waals surface area contributed by atoms with Gasteiger partial charge in [0.15, 0.2) is 5.72 Å². The number of ether oxygens (including phenoxy) is 2. The van der Waals surface area contributed by atoms with Gasteiger partial charge in [0.05, 0.1) is 27.6 Å². The van der Waals surface area contributed by atoms with Crippen molar-refractivity contribution < 1.29 is 14.3 Å². The molecule has 3 aliphatic rings. The standard InChI is InChI=1S/C28H28N6O3/c1-28-26(36-3)17(31-2)10-20(37-28)33-18-6-4-12(29)8-14(18)22-23-16(11-32-27(23)35)21-15-9-13(30)5-7-19(15)34(28)25(21)24(22)33/h4-9,17,20,26,31H,10-11,29-30H2,1-3H3,(H,32,35)/t17-,20?,26-,28?/m1/s1. The molecule has 1 amide bonds. The Morgan fingerprint density at radius 1 is 1.08 bits per heavy atom. The molecule has 3 aromatic carbocycles. The molecule has 8 rings (SSSR count). The van der Waals surface area contributed by atoms with Crippen molar-refractivity contribution in [2.45, 2.75) is 44.0 Å². The number of methoxy groups -OCH3 is 1. The second-order valence-electron chi connectivity index (χ2n) is 10.7. The van der Waals surface area contributed by atoms with Crippen molar-refractivity contribution in [1.82, 2.24) is 19.8 Å². The fourth-order valence-corrected chi connectivity index (χ4v) is 7.47. The first kappa shape index (κ1) is 21.3. The molecule has 1 fully saturated rings. The molecule has 9 nitrogen and oxygen atoms in total. The molecule has 0 radical (unpaired) electrons. The Morgan fingerprint density at radius 2 is 1.78 bits per heavy atom. The first-order valence-corrected chi connectivity index (χ1v) is 12.7. The highest BCUT2D eigenvalue weighted by Crippen LogP contribution is 2.54. The fraction of sp³-hybridized carbons (Fsp3) is 0.321. The van der Waals surface area contributed by atoms with E-state index >= 15 is 0 Å². The summed E-state index contributed by atoms with van der Waals surface area (Å²) in [5, 5.41) is 10.5. The van der Waals surface area contributed by atoms with Gasteiger partial charge in [-0.05, 0) is 55.9 Å². The van der Waals surface area contributed by atoms with Gasteiger partial charge in [0.1, 0.15) is 12.3 Å². The van der Waals surface area contributed by atoms with Crippen LogP contribution in [0.25, 0.3) is 43.6 Å². The number of nitrogens with zero attached hydrogens (tertiary/aromatic N) is 2. The van der Waals surface area contributed by atoms with Crippen molar-refractivity contribution in [2.75, 3.05) is 25.6 Å². The molecule has 6 N–H and O–H groups in total. The maximum atomic E-state index is 13.4. The maximum absolute atomic E-state index is 13.4. The zero-order valence-corrected chi connectivity index (χ0v) is 20.9. The van der Waals surface area contributed by atoms with Crippen molar-refractivity contribution >= 4 is 60.9 Å². The molecule has 4 atom stereocenters. The number of rotatable bonds is 2. The molecule has 2 bridgehead atoms. The molecule has 9 heteroatoms. The third kappa shape index (κ3) is 2.33. The number of fused-ring (bicyclic) bond motifs is 13. The molecule has 0 aliphatic carbocycles. The number of nitrogens with one attached hydrogen (secondary N) is 2. The molecule has 188 valence electrons. The van der Waals surface area contributed by atoms with Gasteiger partial charge in [0, 0.05) is 59.0 Å². The van der Waals surface area contributed by atoms with Crippen LogP contribution in [0.4, 0.5) is 11.4 Å². The second kappa shape index (κ2) is 6.74. The summed E-state index contributed by atoms with van der Waals surface area (Å²) in [7, 11) is 3.71. The zero-order chi connectivity index (χ0) is 25.4. The van der Waals surface area contributed by atoms with Gasteiger partial charge in [-0.15, -0.1) is 0 Å². The Balaban J connectivity index is 1.72.